The van der Waals surface area contributed by atoms with E-state index in [1.807, 2.05) is 0 Å². The van der Waals surface area contributed by atoms with E-state index in [9.17, 15) is 13.2 Å². The lowest BCUT2D eigenvalue weighted by Gasteiger charge is -2.30. The highest BCUT2D eigenvalue weighted by Gasteiger charge is 2.29. The molecule has 0 radical (unpaired) electrons. The average Bonchev–Trinajstić information content (AvgIpc) is 2.47. The van der Waals surface area contributed by atoms with Crippen molar-refractivity contribution in [3.8, 4) is 0 Å². The van der Waals surface area contributed by atoms with Crippen molar-refractivity contribution in [1.82, 2.24) is 9.29 Å². The Morgan fingerprint density at radius 3 is 2.50 bits per heavy atom. The Hall–Kier alpha value is -1.47. The van der Waals surface area contributed by atoms with Crippen molar-refractivity contribution in [2.24, 2.45) is 5.92 Å². The Kier molecular flexibility index (Phi) is 4.39. The quantitative estimate of drug-likeness (QED) is 0.912. The number of carboxylic acids is 1. The molecule has 2 heterocycles. The third-order valence-corrected chi connectivity index (χ3v) is 5.55. The van der Waals surface area contributed by atoms with Gasteiger partial charge in [-0.1, -0.05) is 13.3 Å². The maximum atomic E-state index is 12.4. The lowest BCUT2D eigenvalue weighted by molar-refractivity contribution is 0.0696. The summed E-state index contributed by atoms with van der Waals surface area (Å²) in [7, 11) is -3.61. The molecule has 0 bridgehead atoms. The molecule has 7 heteroatoms. The summed E-state index contributed by atoms with van der Waals surface area (Å²) in [5.41, 5.74) is -0.0198. The molecule has 1 saturated heterocycles. The van der Waals surface area contributed by atoms with E-state index in [1.54, 1.807) is 0 Å². The number of hydrogen-bond acceptors (Lipinski definition) is 4. The van der Waals surface area contributed by atoms with Gasteiger partial charge in [-0.15, -0.1) is 0 Å². The molecule has 1 N–H and O–H groups in total. The highest BCUT2D eigenvalue weighted by Crippen LogP contribution is 2.24. The van der Waals surface area contributed by atoms with Crippen molar-refractivity contribution in [2.45, 2.75) is 31.2 Å². The monoisotopic (exact) mass is 298 g/mol. The number of sulfonamides is 1. The van der Waals surface area contributed by atoms with Gasteiger partial charge in [-0.2, -0.15) is 4.31 Å². The summed E-state index contributed by atoms with van der Waals surface area (Å²) in [5, 5.41) is 8.70. The van der Waals surface area contributed by atoms with Gasteiger partial charge in [0.25, 0.3) is 10.0 Å². The molecule has 2 rings (SSSR count). The number of rotatable bonds is 4. The van der Waals surface area contributed by atoms with E-state index >= 15 is 0 Å². The second-order valence-electron chi connectivity index (χ2n) is 4.95. The van der Waals surface area contributed by atoms with Crippen molar-refractivity contribution in [2.75, 3.05) is 13.1 Å². The van der Waals surface area contributed by atoms with Crippen LogP contribution < -0.4 is 0 Å². The van der Waals surface area contributed by atoms with Crippen LogP contribution >= 0.6 is 0 Å². The number of carboxylic acid groups (broad SMARTS) is 1. The standard InChI is InChI=1S/C13H18N2O4S/c1-2-10-5-7-15(8-6-10)20(18,19)12-4-3-11(9-14-12)13(16)17/h3-4,9-10H,2,5-8H2,1H3,(H,16,17). The van der Waals surface area contributed by atoms with E-state index in [4.69, 9.17) is 5.11 Å². The van der Waals surface area contributed by atoms with Gasteiger partial charge in [0.05, 0.1) is 5.56 Å². The number of pyridine rings is 1. The lowest BCUT2D eigenvalue weighted by atomic mass is 9.96. The molecule has 6 nitrogen and oxygen atoms in total. The minimum atomic E-state index is -3.61. The Labute approximate surface area is 118 Å². The summed E-state index contributed by atoms with van der Waals surface area (Å²) >= 11 is 0. The predicted octanol–water partition coefficient (Wildman–Crippen LogP) is 1.59. The van der Waals surface area contributed by atoms with Gasteiger partial charge in [-0.25, -0.2) is 18.2 Å². The van der Waals surface area contributed by atoms with Gasteiger partial charge < -0.3 is 5.11 Å². The number of hydrogen-bond donors (Lipinski definition) is 1. The predicted molar refractivity (Wildman–Crippen MR) is 73.0 cm³/mol. The summed E-state index contributed by atoms with van der Waals surface area (Å²) in [4.78, 5) is 14.5. The normalized spacial score (nSPS) is 18.1. The van der Waals surface area contributed by atoms with Crippen molar-refractivity contribution in [1.29, 1.82) is 0 Å². The minimum absolute atomic E-state index is 0.0198. The van der Waals surface area contributed by atoms with Gasteiger partial charge in [-0.3, -0.25) is 0 Å². The lowest BCUT2D eigenvalue weighted by Crippen LogP contribution is -2.38. The molecule has 0 unspecified atom stereocenters. The van der Waals surface area contributed by atoms with Crippen LogP contribution in [0.1, 0.15) is 36.5 Å². The Morgan fingerprint density at radius 1 is 1.40 bits per heavy atom. The van der Waals surface area contributed by atoms with Gasteiger partial charge in [0, 0.05) is 19.3 Å². The maximum absolute atomic E-state index is 12.4. The van der Waals surface area contributed by atoms with Gasteiger partial charge in [-0.05, 0) is 30.9 Å². The number of nitrogens with zero attached hydrogens (tertiary/aromatic N) is 2. The van der Waals surface area contributed by atoms with E-state index in [1.165, 1.54) is 16.4 Å². The number of piperidine rings is 1. The third kappa shape index (κ3) is 2.99. The molecular formula is C13H18N2O4S. The first-order valence-electron chi connectivity index (χ1n) is 6.64. The van der Waals surface area contributed by atoms with E-state index in [0.29, 0.717) is 19.0 Å². The van der Waals surface area contributed by atoms with Crippen molar-refractivity contribution >= 4 is 16.0 Å². The van der Waals surface area contributed by atoms with Gasteiger partial charge in [0.15, 0.2) is 5.03 Å². The first-order chi connectivity index (χ1) is 9.45. The molecular weight excluding hydrogens is 280 g/mol. The molecule has 1 aromatic heterocycles. The SMILES string of the molecule is CCC1CCN(S(=O)(=O)c2ccc(C(=O)O)cn2)CC1. The smallest absolute Gasteiger partial charge is 0.337 e. The largest absolute Gasteiger partial charge is 0.478 e. The fourth-order valence-corrected chi connectivity index (χ4v) is 3.73. The van der Waals surface area contributed by atoms with Gasteiger partial charge in [0.2, 0.25) is 0 Å². The molecule has 0 amide bonds. The second-order valence-corrected chi connectivity index (χ2v) is 6.83. The molecule has 1 fully saturated rings. The molecule has 0 spiro atoms. The van der Waals surface area contributed by atoms with Crippen molar-refractivity contribution in [3.05, 3.63) is 23.9 Å². The Bertz CT molecular complexity index is 575. The molecule has 1 aliphatic heterocycles. The third-order valence-electron chi connectivity index (χ3n) is 3.74. The summed E-state index contributed by atoms with van der Waals surface area (Å²) in [6.07, 6.45) is 3.87. The summed E-state index contributed by atoms with van der Waals surface area (Å²) in [5.74, 6) is -0.533. The zero-order valence-electron chi connectivity index (χ0n) is 11.3. The van der Waals surface area contributed by atoms with Crippen LogP contribution in [-0.2, 0) is 10.0 Å². The Balaban J connectivity index is 2.16. The number of aromatic nitrogens is 1. The molecule has 1 aromatic rings. The van der Waals surface area contributed by atoms with Crippen LogP contribution in [0.25, 0.3) is 0 Å². The molecule has 0 atom stereocenters. The Morgan fingerprint density at radius 2 is 2.05 bits per heavy atom. The van der Waals surface area contributed by atoms with Crippen LogP contribution in [0, 0.1) is 5.92 Å². The number of aromatic carboxylic acids is 1. The minimum Gasteiger partial charge on any atom is -0.478 e. The van der Waals surface area contributed by atoms with Crippen LogP contribution in [0.15, 0.2) is 23.4 Å². The van der Waals surface area contributed by atoms with Crippen molar-refractivity contribution < 1.29 is 18.3 Å². The highest BCUT2D eigenvalue weighted by atomic mass is 32.2. The van der Waals surface area contributed by atoms with Crippen LogP contribution in [-0.4, -0.2) is 41.9 Å². The van der Waals surface area contributed by atoms with Crippen LogP contribution in [0.5, 0.6) is 0 Å². The molecule has 0 saturated carbocycles. The van der Waals surface area contributed by atoms with E-state index < -0.39 is 16.0 Å². The summed E-state index contributed by atoms with van der Waals surface area (Å²) in [6.45, 7) is 3.12. The molecule has 1 aliphatic rings. The molecule has 20 heavy (non-hydrogen) atoms. The van der Waals surface area contributed by atoms with Gasteiger partial charge >= 0.3 is 5.97 Å². The molecule has 0 aliphatic carbocycles. The van der Waals surface area contributed by atoms with Gasteiger partial charge in [0.1, 0.15) is 0 Å². The van der Waals surface area contributed by atoms with E-state index in [2.05, 4.69) is 11.9 Å². The number of carbonyl (C=O) groups is 1. The fourth-order valence-electron chi connectivity index (χ4n) is 2.35. The fraction of sp³-hybridized carbons (Fsp3) is 0.538. The van der Waals surface area contributed by atoms with Crippen molar-refractivity contribution in [3.63, 3.8) is 0 Å². The topological polar surface area (TPSA) is 87.6 Å². The first-order valence-corrected chi connectivity index (χ1v) is 8.08. The van der Waals surface area contributed by atoms with Crippen LogP contribution in [0.3, 0.4) is 0 Å². The second kappa shape index (κ2) is 5.88. The zero-order valence-corrected chi connectivity index (χ0v) is 12.1. The molecule has 110 valence electrons. The van der Waals surface area contributed by atoms with Crippen LogP contribution in [0.2, 0.25) is 0 Å². The maximum Gasteiger partial charge on any atom is 0.337 e. The summed E-state index contributed by atoms with van der Waals surface area (Å²) in [6, 6.07) is 2.52. The zero-order chi connectivity index (χ0) is 14.8. The van der Waals surface area contributed by atoms with Crippen LogP contribution in [0.4, 0.5) is 0 Å². The van der Waals surface area contributed by atoms with E-state index in [0.717, 1.165) is 25.5 Å². The summed E-state index contributed by atoms with van der Waals surface area (Å²) < 4.78 is 26.2. The highest BCUT2D eigenvalue weighted by molar-refractivity contribution is 7.89. The van der Waals surface area contributed by atoms with E-state index in [-0.39, 0.29) is 10.6 Å². The average molecular weight is 298 g/mol. The molecule has 0 aromatic carbocycles. The first kappa shape index (κ1) is 14.9.